The monoisotopic (exact) mass is 197 g/mol. The summed E-state index contributed by atoms with van der Waals surface area (Å²) < 4.78 is 25.9. The van der Waals surface area contributed by atoms with E-state index in [9.17, 15) is 8.42 Å². The fraction of sp³-hybridized carbons (Fsp3) is 0.125. The minimum absolute atomic E-state index is 0.210. The second kappa shape index (κ2) is 3.46. The summed E-state index contributed by atoms with van der Waals surface area (Å²) in [6.07, 6.45) is 0.963. The Labute approximate surface area is 76.5 Å². The molecular formula is C8H7NO3S. The minimum atomic E-state index is -3.48. The molecule has 0 unspecified atom stereocenters. The molecule has 0 amide bonds. The number of nitriles is 1. The van der Waals surface area contributed by atoms with Gasteiger partial charge in [-0.25, -0.2) is 0 Å². The summed E-state index contributed by atoms with van der Waals surface area (Å²) in [5.41, 5.74) is 0.459. The molecule has 1 rings (SSSR count). The Kier molecular flexibility index (Phi) is 2.54. The van der Waals surface area contributed by atoms with Crippen LogP contribution < -0.4 is 4.18 Å². The molecule has 0 aliphatic heterocycles. The van der Waals surface area contributed by atoms with Gasteiger partial charge in [-0.1, -0.05) is 0 Å². The molecule has 1 aromatic rings. The van der Waals surface area contributed by atoms with Gasteiger partial charge in [0.05, 0.1) is 17.9 Å². The first kappa shape index (κ1) is 9.55. The molecule has 0 aromatic heterocycles. The fourth-order valence-electron chi connectivity index (χ4n) is 0.760. The van der Waals surface area contributed by atoms with E-state index in [1.165, 1.54) is 24.3 Å². The van der Waals surface area contributed by atoms with E-state index >= 15 is 0 Å². The van der Waals surface area contributed by atoms with Crippen LogP contribution in [0.25, 0.3) is 0 Å². The second-order valence-corrected chi connectivity index (χ2v) is 4.00. The third kappa shape index (κ3) is 3.13. The van der Waals surface area contributed by atoms with Crippen molar-refractivity contribution < 1.29 is 12.6 Å². The van der Waals surface area contributed by atoms with Crippen molar-refractivity contribution >= 4 is 10.1 Å². The lowest BCUT2D eigenvalue weighted by Crippen LogP contribution is -2.05. The summed E-state index contributed by atoms with van der Waals surface area (Å²) in [5.74, 6) is 0.210. The highest BCUT2D eigenvalue weighted by molar-refractivity contribution is 7.86. The molecule has 4 nitrogen and oxygen atoms in total. The highest BCUT2D eigenvalue weighted by atomic mass is 32.2. The SMILES string of the molecule is CS(=O)(=O)Oc1ccc(C#N)cc1. The molecule has 0 N–H and O–H groups in total. The highest BCUT2D eigenvalue weighted by Gasteiger charge is 2.03. The lowest BCUT2D eigenvalue weighted by atomic mass is 10.2. The van der Waals surface area contributed by atoms with Gasteiger partial charge in [-0.2, -0.15) is 13.7 Å². The molecule has 0 bridgehead atoms. The van der Waals surface area contributed by atoms with Crippen LogP contribution in [0.1, 0.15) is 5.56 Å². The van der Waals surface area contributed by atoms with E-state index in [1.54, 1.807) is 0 Å². The number of rotatable bonds is 2. The van der Waals surface area contributed by atoms with Crippen molar-refractivity contribution in [2.24, 2.45) is 0 Å². The molecule has 13 heavy (non-hydrogen) atoms. The van der Waals surface area contributed by atoms with Crippen molar-refractivity contribution in [2.45, 2.75) is 0 Å². The molecule has 0 spiro atoms. The van der Waals surface area contributed by atoms with Crippen LogP contribution in [0.3, 0.4) is 0 Å². The molecule has 0 saturated heterocycles. The Morgan fingerprint density at radius 2 is 1.85 bits per heavy atom. The van der Waals surface area contributed by atoms with Crippen molar-refractivity contribution in [1.29, 1.82) is 5.26 Å². The number of benzene rings is 1. The third-order valence-electron chi connectivity index (χ3n) is 1.23. The summed E-state index contributed by atoms with van der Waals surface area (Å²) in [7, 11) is -3.48. The average molecular weight is 197 g/mol. The smallest absolute Gasteiger partial charge is 0.306 e. The summed E-state index contributed by atoms with van der Waals surface area (Å²) >= 11 is 0. The molecular weight excluding hydrogens is 190 g/mol. The van der Waals surface area contributed by atoms with Gasteiger partial charge in [-0.05, 0) is 24.3 Å². The van der Waals surface area contributed by atoms with Crippen LogP contribution in [0, 0.1) is 11.3 Å². The van der Waals surface area contributed by atoms with Gasteiger partial charge in [0.2, 0.25) is 0 Å². The van der Waals surface area contributed by atoms with E-state index in [1.807, 2.05) is 6.07 Å². The summed E-state index contributed by atoms with van der Waals surface area (Å²) in [6.45, 7) is 0. The maximum Gasteiger partial charge on any atom is 0.306 e. The molecule has 0 radical (unpaired) electrons. The van der Waals surface area contributed by atoms with Crippen molar-refractivity contribution in [3.8, 4) is 11.8 Å². The molecule has 0 aliphatic rings. The lowest BCUT2D eigenvalue weighted by Gasteiger charge is -2.01. The van der Waals surface area contributed by atoms with Crippen LogP contribution in [0.5, 0.6) is 5.75 Å². The fourth-order valence-corrected chi connectivity index (χ4v) is 1.22. The predicted octanol–water partition coefficient (Wildman–Crippen LogP) is 0.897. The summed E-state index contributed by atoms with van der Waals surface area (Å²) in [4.78, 5) is 0. The Balaban J connectivity index is 2.89. The molecule has 68 valence electrons. The largest absolute Gasteiger partial charge is 0.383 e. The molecule has 0 fully saturated rings. The topological polar surface area (TPSA) is 67.2 Å². The van der Waals surface area contributed by atoms with Crippen LogP contribution in [0.4, 0.5) is 0 Å². The van der Waals surface area contributed by atoms with Gasteiger partial charge in [0.1, 0.15) is 5.75 Å². The lowest BCUT2D eigenvalue weighted by molar-refractivity contribution is 0.493. The molecule has 0 aliphatic carbocycles. The maximum atomic E-state index is 10.7. The van der Waals surface area contributed by atoms with Crippen molar-refractivity contribution in [2.75, 3.05) is 6.26 Å². The summed E-state index contributed by atoms with van der Waals surface area (Å²) in [5, 5.41) is 8.45. The van der Waals surface area contributed by atoms with Crippen LogP contribution in [0.2, 0.25) is 0 Å². The Morgan fingerprint density at radius 3 is 2.23 bits per heavy atom. The van der Waals surface area contributed by atoms with Gasteiger partial charge in [0.15, 0.2) is 0 Å². The number of nitrogens with zero attached hydrogens (tertiary/aromatic N) is 1. The quantitative estimate of drug-likeness (QED) is 0.660. The van der Waals surface area contributed by atoms with Gasteiger partial charge < -0.3 is 4.18 Å². The maximum absolute atomic E-state index is 10.7. The highest BCUT2D eigenvalue weighted by Crippen LogP contribution is 2.12. The molecule has 0 atom stereocenters. The van der Waals surface area contributed by atoms with Gasteiger partial charge >= 0.3 is 10.1 Å². The standard InChI is InChI=1S/C8H7NO3S/c1-13(10,11)12-8-4-2-7(6-9)3-5-8/h2-5H,1H3. The normalized spacial score (nSPS) is 10.5. The van der Waals surface area contributed by atoms with E-state index in [4.69, 9.17) is 5.26 Å². The molecule has 5 heteroatoms. The van der Waals surface area contributed by atoms with Gasteiger partial charge in [0.25, 0.3) is 0 Å². The van der Waals surface area contributed by atoms with E-state index in [-0.39, 0.29) is 5.75 Å². The van der Waals surface area contributed by atoms with Crippen LogP contribution in [0.15, 0.2) is 24.3 Å². The first-order valence-corrected chi connectivity index (χ1v) is 5.22. The summed E-state index contributed by atoms with van der Waals surface area (Å²) in [6, 6.07) is 7.75. The van der Waals surface area contributed by atoms with Crippen molar-refractivity contribution in [3.05, 3.63) is 29.8 Å². The first-order chi connectivity index (χ1) is 6.01. The zero-order chi connectivity index (χ0) is 9.90. The van der Waals surface area contributed by atoms with Crippen LogP contribution >= 0.6 is 0 Å². The van der Waals surface area contributed by atoms with Gasteiger partial charge in [-0.3, -0.25) is 0 Å². The minimum Gasteiger partial charge on any atom is -0.383 e. The Bertz CT molecular complexity index is 427. The zero-order valence-electron chi connectivity index (χ0n) is 6.89. The van der Waals surface area contributed by atoms with E-state index in [2.05, 4.69) is 4.18 Å². The molecule has 0 heterocycles. The third-order valence-corrected chi connectivity index (χ3v) is 1.73. The van der Waals surface area contributed by atoms with Gasteiger partial charge in [0, 0.05) is 0 Å². The predicted molar refractivity (Wildman–Crippen MR) is 46.6 cm³/mol. The molecule has 1 aromatic carbocycles. The zero-order valence-corrected chi connectivity index (χ0v) is 7.71. The van der Waals surface area contributed by atoms with E-state index in [0.717, 1.165) is 6.26 Å². The van der Waals surface area contributed by atoms with Crippen molar-refractivity contribution in [3.63, 3.8) is 0 Å². The first-order valence-electron chi connectivity index (χ1n) is 3.41. The second-order valence-electron chi connectivity index (χ2n) is 2.42. The number of hydrogen-bond acceptors (Lipinski definition) is 4. The van der Waals surface area contributed by atoms with E-state index < -0.39 is 10.1 Å². The Morgan fingerprint density at radius 1 is 1.31 bits per heavy atom. The van der Waals surface area contributed by atoms with E-state index in [0.29, 0.717) is 5.56 Å². The van der Waals surface area contributed by atoms with Gasteiger partial charge in [-0.15, -0.1) is 0 Å². The number of hydrogen-bond donors (Lipinski definition) is 0. The van der Waals surface area contributed by atoms with Crippen molar-refractivity contribution in [1.82, 2.24) is 0 Å². The average Bonchev–Trinajstić information content (AvgIpc) is 2.03. The molecule has 0 saturated carbocycles. The van der Waals surface area contributed by atoms with Crippen LogP contribution in [-0.4, -0.2) is 14.7 Å². The Hall–Kier alpha value is -1.54. The van der Waals surface area contributed by atoms with Crippen LogP contribution in [-0.2, 0) is 10.1 Å².